The molecule has 1 aromatic carbocycles. The summed E-state index contributed by atoms with van der Waals surface area (Å²) < 4.78 is 43.5. The zero-order valence-electron chi connectivity index (χ0n) is 17.1. The summed E-state index contributed by atoms with van der Waals surface area (Å²) in [7, 11) is 5.16. The zero-order chi connectivity index (χ0) is 21.4. The average Bonchev–Trinajstić information content (AvgIpc) is 3.15. The molecule has 0 radical (unpaired) electrons. The number of halogens is 4. The molecule has 1 unspecified atom stereocenters. The second-order valence-electron chi connectivity index (χ2n) is 6.19. The van der Waals surface area contributed by atoms with Crippen LogP contribution in [0.4, 0.5) is 13.2 Å². The molecule has 1 heterocycles. The van der Waals surface area contributed by atoms with Crippen molar-refractivity contribution in [2.75, 3.05) is 27.7 Å². The predicted molar refractivity (Wildman–Crippen MR) is 124 cm³/mol. The van der Waals surface area contributed by atoms with Gasteiger partial charge in [0, 0.05) is 32.1 Å². The lowest BCUT2D eigenvalue weighted by molar-refractivity contribution is -0.137. The Labute approximate surface area is 195 Å². The van der Waals surface area contributed by atoms with Gasteiger partial charge in [-0.2, -0.15) is 13.2 Å². The maximum atomic E-state index is 12.7. The van der Waals surface area contributed by atoms with Crippen LogP contribution in [0.25, 0.3) is 0 Å². The van der Waals surface area contributed by atoms with Crippen LogP contribution in [0.2, 0.25) is 0 Å². The van der Waals surface area contributed by atoms with Gasteiger partial charge >= 0.3 is 6.18 Å². The first-order valence-corrected chi connectivity index (χ1v) is 9.67. The van der Waals surface area contributed by atoms with Gasteiger partial charge < -0.3 is 15.0 Å². The lowest BCUT2D eigenvalue weighted by Gasteiger charge is -2.20. The van der Waals surface area contributed by atoms with Crippen LogP contribution < -0.4 is 5.32 Å². The van der Waals surface area contributed by atoms with Gasteiger partial charge in [0.25, 0.3) is 0 Å². The monoisotopic (exact) mass is 552 g/mol. The van der Waals surface area contributed by atoms with E-state index in [4.69, 9.17) is 4.74 Å². The minimum Gasteiger partial charge on any atom is -0.375 e. The normalized spacial score (nSPS) is 12.4. The first-order valence-electron chi connectivity index (χ1n) is 8.79. The Morgan fingerprint density at radius 2 is 2.13 bits per heavy atom. The molecule has 0 aliphatic rings. The van der Waals surface area contributed by atoms with Crippen LogP contribution in [0.5, 0.6) is 0 Å². The quantitative estimate of drug-likeness (QED) is 0.256. The zero-order valence-corrected chi connectivity index (χ0v) is 20.2. The van der Waals surface area contributed by atoms with Gasteiger partial charge in [0.05, 0.1) is 24.3 Å². The highest BCUT2D eigenvalue weighted by molar-refractivity contribution is 14.0. The van der Waals surface area contributed by atoms with Crippen molar-refractivity contribution in [3.05, 3.63) is 51.5 Å². The smallest absolute Gasteiger partial charge is 0.375 e. The number of benzene rings is 1. The molecule has 1 aromatic heterocycles. The summed E-state index contributed by atoms with van der Waals surface area (Å²) in [6.45, 7) is 2.74. The first-order chi connectivity index (χ1) is 13.7. The van der Waals surface area contributed by atoms with Gasteiger partial charge in [-0.25, -0.2) is 4.98 Å². The highest BCUT2D eigenvalue weighted by Crippen LogP contribution is 2.29. The number of nitrogens with zero attached hydrogens (tertiary/aromatic N) is 3. The van der Waals surface area contributed by atoms with Crippen LogP contribution >= 0.6 is 35.3 Å². The van der Waals surface area contributed by atoms with Crippen LogP contribution in [0, 0.1) is 11.8 Å². The van der Waals surface area contributed by atoms with Crippen molar-refractivity contribution < 1.29 is 17.9 Å². The summed E-state index contributed by atoms with van der Waals surface area (Å²) in [5, 5.41) is 5.96. The number of thiazole rings is 1. The number of aliphatic imine (C=N–C) groups is 1. The van der Waals surface area contributed by atoms with Gasteiger partial charge in [-0.15, -0.1) is 35.3 Å². The molecule has 2 aromatic rings. The van der Waals surface area contributed by atoms with Crippen LogP contribution in [-0.2, 0) is 17.5 Å². The van der Waals surface area contributed by atoms with Crippen LogP contribution in [0.1, 0.15) is 34.9 Å². The topological polar surface area (TPSA) is 49.8 Å². The second kappa shape index (κ2) is 12.1. The molecule has 30 heavy (non-hydrogen) atoms. The van der Waals surface area contributed by atoms with Crippen molar-refractivity contribution in [3.8, 4) is 11.8 Å². The number of hydrogen-bond acceptors (Lipinski definition) is 4. The molecule has 0 spiro atoms. The maximum Gasteiger partial charge on any atom is 0.416 e. The molecule has 0 saturated heterocycles. The van der Waals surface area contributed by atoms with E-state index < -0.39 is 11.7 Å². The van der Waals surface area contributed by atoms with E-state index in [1.165, 1.54) is 17.4 Å². The SMILES string of the molecule is CN=C(NCC#Cc1cccc(C(F)(F)F)c1)N(C)Cc1csc(C(C)OC)n1.I. The number of ether oxygens (including phenoxy) is 1. The third-order valence-electron chi connectivity index (χ3n) is 4.00. The van der Waals surface area contributed by atoms with Gasteiger partial charge in [-0.05, 0) is 25.1 Å². The molecule has 0 aliphatic heterocycles. The van der Waals surface area contributed by atoms with Crippen molar-refractivity contribution in [3.63, 3.8) is 0 Å². The number of rotatable bonds is 5. The standard InChI is InChI=1S/C20H23F3N4OS.HI/c1-14(28-4)18-26-17(13-29-18)12-27(3)19(24-2)25-10-6-8-15-7-5-9-16(11-15)20(21,22)23;/h5,7,9,11,13-14H,10,12H2,1-4H3,(H,24,25);1H. The van der Waals surface area contributed by atoms with Crippen molar-refractivity contribution >= 4 is 41.3 Å². The molecule has 10 heteroatoms. The van der Waals surface area contributed by atoms with Crippen molar-refractivity contribution in [1.29, 1.82) is 0 Å². The Morgan fingerprint density at radius 3 is 2.77 bits per heavy atom. The van der Waals surface area contributed by atoms with E-state index in [-0.39, 0.29) is 36.6 Å². The second-order valence-corrected chi connectivity index (χ2v) is 7.08. The molecule has 0 amide bonds. The fraction of sp³-hybridized carbons (Fsp3) is 0.400. The minimum atomic E-state index is -4.38. The molecule has 2 rings (SSSR count). The number of nitrogens with one attached hydrogen (secondary N) is 1. The summed E-state index contributed by atoms with van der Waals surface area (Å²) in [5.74, 6) is 6.17. The molecule has 164 valence electrons. The van der Waals surface area contributed by atoms with Crippen LogP contribution in [0.15, 0.2) is 34.6 Å². The number of aromatic nitrogens is 1. The highest BCUT2D eigenvalue weighted by atomic mass is 127. The molecule has 5 nitrogen and oxygen atoms in total. The Balaban J connectivity index is 0.00000450. The summed E-state index contributed by atoms with van der Waals surface area (Å²) in [4.78, 5) is 10.6. The predicted octanol–water partition coefficient (Wildman–Crippen LogP) is 4.55. The Kier molecular flexibility index (Phi) is 10.6. The van der Waals surface area contributed by atoms with E-state index in [1.54, 1.807) is 20.2 Å². The van der Waals surface area contributed by atoms with E-state index in [0.717, 1.165) is 22.8 Å². The van der Waals surface area contributed by atoms with Gasteiger partial charge in [0.15, 0.2) is 5.96 Å². The average molecular weight is 552 g/mol. The highest BCUT2D eigenvalue weighted by Gasteiger charge is 2.30. The van der Waals surface area contributed by atoms with Crippen molar-refractivity contribution in [2.24, 2.45) is 4.99 Å². The molecule has 0 bridgehead atoms. The van der Waals surface area contributed by atoms with Gasteiger partial charge in [-0.3, -0.25) is 4.99 Å². The minimum absolute atomic E-state index is 0. The third kappa shape index (κ3) is 7.77. The lowest BCUT2D eigenvalue weighted by Crippen LogP contribution is -2.38. The molecule has 1 atom stereocenters. The Hall–Kier alpha value is -1.84. The van der Waals surface area contributed by atoms with Crippen LogP contribution in [-0.4, -0.2) is 43.6 Å². The Bertz CT molecular complexity index is 905. The summed E-state index contributed by atoms with van der Waals surface area (Å²) >= 11 is 1.54. The number of guanidine groups is 1. The van der Waals surface area contributed by atoms with E-state index in [1.807, 2.05) is 24.3 Å². The van der Waals surface area contributed by atoms with Gasteiger partial charge in [0.2, 0.25) is 0 Å². The van der Waals surface area contributed by atoms with Crippen LogP contribution in [0.3, 0.4) is 0 Å². The van der Waals surface area contributed by atoms with Crippen molar-refractivity contribution in [2.45, 2.75) is 25.7 Å². The number of hydrogen-bond donors (Lipinski definition) is 1. The van der Waals surface area contributed by atoms with E-state index in [9.17, 15) is 13.2 Å². The molecule has 1 N–H and O–H groups in total. The van der Waals surface area contributed by atoms with Gasteiger partial charge in [0.1, 0.15) is 11.1 Å². The molecular formula is C20H24F3IN4OS. The maximum absolute atomic E-state index is 12.7. The molecule has 0 fully saturated rings. The number of alkyl halides is 3. The fourth-order valence-electron chi connectivity index (χ4n) is 2.43. The van der Waals surface area contributed by atoms with Gasteiger partial charge in [-0.1, -0.05) is 17.9 Å². The van der Waals surface area contributed by atoms with E-state index >= 15 is 0 Å². The summed E-state index contributed by atoms with van der Waals surface area (Å²) in [5.41, 5.74) is 0.500. The summed E-state index contributed by atoms with van der Waals surface area (Å²) in [6.07, 6.45) is -4.43. The van der Waals surface area contributed by atoms with Crippen molar-refractivity contribution in [1.82, 2.24) is 15.2 Å². The molecule has 0 saturated carbocycles. The Morgan fingerprint density at radius 1 is 1.40 bits per heavy atom. The first kappa shape index (κ1) is 26.2. The fourth-order valence-corrected chi connectivity index (χ4v) is 3.27. The van der Waals surface area contributed by atoms with E-state index in [2.05, 4.69) is 27.1 Å². The largest absolute Gasteiger partial charge is 0.416 e. The summed E-state index contributed by atoms with van der Waals surface area (Å²) in [6, 6.07) is 4.95. The third-order valence-corrected chi connectivity index (χ3v) is 5.06. The molecular weight excluding hydrogens is 528 g/mol. The molecule has 0 aliphatic carbocycles. The lowest BCUT2D eigenvalue weighted by atomic mass is 10.1. The number of methoxy groups -OCH3 is 1. The van der Waals surface area contributed by atoms with E-state index in [0.29, 0.717) is 18.1 Å².